The molecule has 2 aromatic carbocycles. The van der Waals surface area contributed by atoms with Gasteiger partial charge in [-0.15, -0.1) is 0 Å². The molecule has 146 valence electrons. The summed E-state index contributed by atoms with van der Waals surface area (Å²) in [5.74, 6) is -0.525. The fourth-order valence-corrected chi connectivity index (χ4v) is 3.82. The molecule has 1 heterocycles. The Bertz CT molecular complexity index is 900. The average molecular weight is 398 g/mol. The number of amides is 2. The Morgan fingerprint density at radius 2 is 1.61 bits per heavy atom. The lowest BCUT2D eigenvalue weighted by Gasteiger charge is -2.19. The van der Waals surface area contributed by atoms with Crippen LogP contribution in [0.25, 0.3) is 0 Å². The van der Waals surface area contributed by atoms with Gasteiger partial charge < -0.3 is 15.5 Å². The van der Waals surface area contributed by atoms with Gasteiger partial charge in [0, 0.05) is 35.2 Å². The van der Waals surface area contributed by atoms with Gasteiger partial charge in [0.15, 0.2) is 0 Å². The predicted molar refractivity (Wildman–Crippen MR) is 113 cm³/mol. The lowest BCUT2D eigenvalue weighted by atomic mass is 10.0. The molecule has 0 atom stereocenters. The summed E-state index contributed by atoms with van der Waals surface area (Å²) in [6.07, 6.45) is 3.55. The van der Waals surface area contributed by atoms with Crippen molar-refractivity contribution < 1.29 is 9.59 Å². The molecule has 0 aromatic heterocycles. The van der Waals surface area contributed by atoms with Gasteiger partial charge in [0.1, 0.15) is 5.41 Å². The lowest BCUT2D eigenvalue weighted by molar-refractivity contribution is -0.131. The minimum absolute atomic E-state index is 0.251. The third-order valence-corrected chi connectivity index (χ3v) is 6.14. The van der Waals surface area contributed by atoms with Crippen LogP contribution in [0.4, 0.5) is 17.1 Å². The largest absolute Gasteiger partial charge is 0.372 e. The van der Waals surface area contributed by atoms with Gasteiger partial charge in [-0.25, -0.2) is 0 Å². The molecule has 0 radical (unpaired) electrons. The zero-order valence-electron chi connectivity index (χ0n) is 15.9. The van der Waals surface area contributed by atoms with Gasteiger partial charge in [-0.1, -0.05) is 17.7 Å². The molecule has 4 rings (SSSR count). The Hall–Kier alpha value is -2.53. The molecular formula is C22H24ClN3O2. The van der Waals surface area contributed by atoms with Crippen LogP contribution in [0.15, 0.2) is 42.5 Å². The Labute approximate surface area is 170 Å². The SMILES string of the molecule is Cc1c(Cl)cccc1NC(=O)C1(C(=O)Nc2ccc(N3CCCC3)cc2)CC1. The highest BCUT2D eigenvalue weighted by Crippen LogP contribution is 2.47. The van der Waals surface area contributed by atoms with Gasteiger partial charge >= 0.3 is 0 Å². The molecule has 6 heteroatoms. The quantitative estimate of drug-likeness (QED) is 0.724. The predicted octanol–water partition coefficient (Wildman–Crippen LogP) is 4.61. The van der Waals surface area contributed by atoms with Gasteiger partial charge in [0.2, 0.25) is 11.8 Å². The molecule has 1 aliphatic carbocycles. The first-order chi connectivity index (χ1) is 13.5. The lowest BCUT2D eigenvalue weighted by Crippen LogP contribution is -2.35. The summed E-state index contributed by atoms with van der Waals surface area (Å²) in [6.45, 7) is 4.01. The van der Waals surface area contributed by atoms with Crippen LogP contribution >= 0.6 is 11.6 Å². The normalized spacial score (nSPS) is 17.3. The number of carbonyl (C=O) groups is 2. The Kier molecular flexibility index (Phi) is 5.02. The molecule has 0 bridgehead atoms. The Balaban J connectivity index is 1.42. The number of halogens is 1. The number of anilines is 3. The van der Waals surface area contributed by atoms with Crippen LogP contribution in [0.2, 0.25) is 5.02 Å². The van der Waals surface area contributed by atoms with E-state index >= 15 is 0 Å². The third-order valence-electron chi connectivity index (χ3n) is 5.73. The first-order valence-corrected chi connectivity index (χ1v) is 10.1. The molecule has 1 aliphatic heterocycles. The molecule has 2 aromatic rings. The smallest absolute Gasteiger partial charge is 0.240 e. The van der Waals surface area contributed by atoms with Gasteiger partial charge in [-0.05, 0) is 74.6 Å². The minimum Gasteiger partial charge on any atom is -0.372 e. The second-order valence-corrected chi connectivity index (χ2v) is 8.05. The molecule has 2 N–H and O–H groups in total. The van der Waals surface area contributed by atoms with Crippen LogP contribution in [0.5, 0.6) is 0 Å². The van der Waals surface area contributed by atoms with Crippen LogP contribution in [0, 0.1) is 12.3 Å². The molecule has 1 saturated heterocycles. The van der Waals surface area contributed by atoms with Crippen molar-refractivity contribution in [3.63, 3.8) is 0 Å². The number of nitrogens with zero attached hydrogens (tertiary/aromatic N) is 1. The first-order valence-electron chi connectivity index (χ1n) is 9.73. The van der Waals surface area contributed by atoms with Crippen LogP contribution in [0.1, 0.15) is 31.2 Å². The highest BCUT2D eigenvalue weighted by atomic mass is 35.5. The average Bonchev–Trinajstić information content (AvgIpc) is 3.34. The maximum absolute atomic E-state index is 12.8. The second kappa shape index (κ2) is 7.47. The molecule has 0 spiro atoms. The van der Waals surface area contributed by atoms with E-state index in [2.05, 4.69) is 15.5 Å². The van der Waals surface area contributed by atoms with Crippen LogP contribution in [-0.2, 0) is 9.59 Å². The topological polar surface area (TPSA) is 61.4 Å². The third kappa shape index (κ3) is 3.59. The number of hydrogen-bond acceptors (Lipinski definition) is 3. The van der Waals surface area contributed by atoms with Gasteiger partial charge in [0.25, 0.3) is 0 Å². The van der Waals surface area contributed by atoms with Crippen molar-refractivity contribution in [2.45, 2.75) is 32.6 Å². The van der Waals surface area contributed by atoms with E-state index in [0.717, 1.165) is 18.7 Å². The fraction of sp³-hybridized carbons (Fsp3) is 0.364. The summed E-state index contributed by atoms with van der Waals surface area (Å²) in [5.41, 5.74) is 2.33. The van der Waals surface area contributed by atoms with Crippen molar-refractivity contribution in [1.82, 2.24) is 0 Å². The zero-order chi connectivity index (χ0) is 19.7. The maximum Gasteiger partial charge on any atom is 0.240 e. The molecule has 5 nitrogen and oxygen atoms in total. The minimum atomic E-state index is -0.998. The Morgan fingerprint density at radius 3 is 2.25 bits per heavy atom. The summed E-state index contributed by atoms with van der Waals surface area (Å²) in [4.78, 5) is 28.0. The van der Waals surface area contributed by atoms with Crippen LogP contribution in [0.3, 0.4) is 0 Å². The van der Waals surface area contributed by atoms with Crippen LogP contribution < -0.4 is 15.5 Å². The zero-order valence-corrected chi connectivity index (χ0v) is 16.7. The molecule has 1 saturated carbocycles. The van der Waals surface area contributed by atoms with Gasteiger partial charge in [-0.3, -0.25) is 9.59 Å². The van der Waals surface area contributed by atoms with Gasteiger partial charge in [0.05, 0.1) is 0 Å². The van der Waals surface area contributed by atoms with E-state index in [1.54, 1.807) is 18.2 Å². The maximum atomic E-state index is 12.8. The summed E-state index contributed by atoms with van der Waals surface area (Å²) >= 11 is 6.12. The second-order valence-electron chi connectivity index (χ2n) is 7.64. The van der Waals surface area contributed by atoms with Crippen LogP contribution in [-0.4, -0.2) is 24.9 Å². The van der Waals surface area contributed by atoms with Crippen molar-refractivity contribution in [3.05, 3.63) is 53.1 Å². The molecular weight excluding hydrogens is 374 g/mol. The van der Waals surface area contributed by atoms with E-state index in [1.165, 1.54) is 18.5 Å². The number of nitrogens with one attached hydrogen (secondary N) is 2. The summed E-state index contributed by atoms with van der Waals surface area (Å²) < 4.78 is 0. The fourth-order valence-electron chi connectivity index (χ4n) is 3.65. The summed E-state index contributed by atoms with van der Waals surface area (Å²) in [7, 11) is 0. The number of carbonyl (C=O) groups excluding carboxylic acids is 2. The molecule has 28 heavy (non-hydrogen) atoms. The van der Waals surface area contributed by atoms with Crippen molar-refractivity contribution >= 4 is 40.5 Å². The first kappa shape index (κ1) is 18.8. The molecule has 2 amide bonds. The molecule has 2 aliphatic rings. The van der Waals surface area contributed by atoms with E-state index in [-0.39, 0.29) is 11.8 Å². The Morgan fingerprint density at radius 1 is 0.964 bits per heavy atom. The molecule has 2 fully saturated rings. The standard InChI is InChI=1S/C22H24ClN3O2/c1-15-18(23)5-4-6-19(15)25-21(28)22(11-12-22)20(27)24-16-7-9-17(10-8-16)26-13-2-3-14-26/h4-10H,2-3,11-14H2,1H3,(H,24,27)(H,25,28). The van der Waals surface area contributed by atoms with E-state index < -0.39 is 5.41 Å². The number of hydrogen-bond donors (Lipinski definition) is 2. The highest BCUT2D eigenvalue weighted by Gasteiger charge is 2.56. The van der Waals surface area contributed by atoms with E-state index in [0.29, 0.717) is 29.2 Å². The highest BCUT2D eigenvalue weighted by molar-refractivity contribution is 6.31. The van der Waals surface area contributed by atoms with Crippen molar-refractivity contribution in [3.8, 4) is 0 Å². The van der Waals surface area contributed by atoms with E-state index in [9.17, 15) is 9.59 Å². The summed E-state index contributed by atoms with van der Waals surface area (Å²) in [6, 6.07) is 13.2. The van der Waals surface area contributed by atoms with Crippen molar-refractivity contribution in [2.24, 2.45) is 5.41 Å². The van der Waals surface area contributed by atoms with E-state index in [1.807, 2.05) is 31.2 Å². The van der Waals surface area contributed by atoms with Crippen molar-refractivity contribution in [1.29, 1.82) is 0 Å². The van der Waals surface area contributed by atoms with E-state index in [4.69, 9.17) is 11.6 Å². The number of rotatable bonds is 5. The number of benzene rings is 2. The van der Waals surface area contributed by atoms with Crippen molar-refractivity contribution in [2.75, 3.05) is 28.6 Å². The molecule has 0 unspecified atom stereocenters. The monoisotopic (exact) mass is 397 g/mol. The van der Waals surface area contributed by atoms with Gasteiger partial charge in [-0.2, -0.15) is 0 Å². The summed E-state index contributed by atoms with van der Waals surface area (Å²) in [5, 5.41) is 6.37.